The van der Waals surface area contributed by atoms with Gasteiger partial charge in [-0.3, -0.25) is 0 Å². The van der Waals surface area contributed by atoms with Crippen LogP contribution in [0.2, 0.25) is 0 Å². The van der Waals surface area contributed by atoms with Crippen LogP contribution in [0.3, 0.4) is 0 Å². The first-order valence-electron chi connectivity index (χ1n) is 9.01. The van der Waals surface area contributed by atoms with E-state index in [0.29, 0.717) is 30.8 Å². The highest BCUT2D eigenvalue weighted by molar-refractivity contribution is 7.89. The number of rotatable bonds is 4. The summed E-state index contributed by atoms with van der Waals surface area (Å²) in [4.78, 5) is 1.51. The molecule has 3 heterocycles. The van der Waals surface area contributed by atoms with Crippen molar-refractivity contribution in [2.45, 2.75) is 11.1 Å². The fourth-order valence-electron chi connectivity index (χ4n) is 3.15. The van der Waals surface area contributed by atoms with Crippen molar-refractivity contribution in [3.05, 3.63) is 60.4 Å². The lowest BCUT2D eigenvalue weighted by molar-refractivity contribution is -0.137. The van der Waals surface area contributed by atoms with E-state index in [-0.39, 0.29) is 18.0 Å². The summed E-state index contributed by atoms with van der Waals surface area (Å²) in [6, 6.07) is 9.07. The molecule has 2 aromatic heterocycles. The molecular formula is C18H17F3N6O2S. The maximum absolute atomic E-state index is 12.9. The molecule has 3 aromatic rings. The number of piperazine rings is 1. The molecular weight excluding hydrogens is 421 g/mol. The highest BCUT2D eigenvalue weighted by Gasteiger charge is 2.34. The topological polar surface area (TPSA) is 84.2 Å². The highest BCUT2D eigenvalue weighted by atomic mass is 32.2. The maximum Gasteiger partial charge on any atom is 0.416 e. The van der Waals surface area contributed by atoms with Crippen LogP contribution in [-0.2, 0) is 16.2 Å². The quantitative estimate of drug-likeness (QED) is 0.621. The second-order valence-electron chi connectivity index (χ2n) is 6.62. The van der Waals surface area contributed by atoms with Crippen molar-refractivity contribution in [1.29, 1.82) is 0 Å². The van der Waals surface area contributed by atoms with Gasteiger partial charge >= 0.3 is 6.18 Å². The molecule has 8 nitrogen and oxygen atoms in total. The summed E-state index contributed by atoms with van der Waals surface area (Å²) in [6.07, 6.45) is -1.24. The number of nitrogens with zero attached hydrogens (tertiary/aromatic N) is 6. The Morgan fingerprint density at radius 2 is 1.60 bits per heavy atom. The van der Waals surface area contributed by atoms with Gasteiger partial charge in [0.05, 0.1) is 10.5 Å². The van der Waals surface area contributed by atoms with Gasteiger partial charge in [-0.05, 0) is 36.4 Å². The van der Waals surface area contributed by atoms with Crippen molar-refractivity contribution in [2.24, 2.45) is 0 Å². The lowest BCUT2D eigenvalue weighted by atomic mass is 10.2. The molecule has 0 spiro atoms. The van der Waals surface area contributed by atoms with E-state index in [9.17, 15) is 21.6 Å². The fraction of sp³-hybridized carbons (Fsp3) is 0.278. The van der Waals surface area contributed by atoms with Gasteiger partial charge in [0.25, 0.3) is 0 Å². The van der Waals surface area contributed by atoms with Crippen molar-refractivity contribution < 1.29 is 21.6 Å². The number of benzene rings is 1. The third-order valence-electron chi connectivity index (χ3n) is 4.74. The van der Waals surface area contributed by atoms with E-state index in [0.717, 1.165) is 12.1 Å². The smallest absolute Gasteiger partial charge is 0.352 e. The third-order valence-corrected chi connectivity index (χ3v) is 6.63. The number of alkyl halides is 3. The van der Waals surface area contributed by atoms with Crippen LogP contribution in [0.4, 0.5) is 19.0 Å². The van der Waals surface area contributed by atoms with Gasteiger partial charge in [0.2, 0.25) is 10.0 Å². The molecule has 0 radical (unpaired) electrons. The van der Waals surface area contributed by atoms with Crippen molar-refractivity contribution in [3.8, 4) is 5.82 Å². The fourth-order valence-corrected chi connectivity index (χ4v) is 4.62. The molecule has 1 saturated heterocycles. The van der Waals surface area contributed by atoms with E-state index < -0.39 is 21.8 Å². The van der Waals surface area contributed by atoms with Crippen LogP contribution in [0.15, 0.2) is 59.8 Å². The molecule has 0 bridgehead atoms. The molecule has 4 rings (SSSR count). The molecule has 0 unspecified atom stereocenters. The number of aromatic nitrogens is 4. The Morgan fingerprint density at radius 3 is 2.20 bits per heavy atom. The van der Waals surface area contributed by atoms with E-state index in [2.05, 4.69) is 15.3 Å². The monoisotopic (exact) mass is 438 g/mol. The SMILES string of the molecule is O=S(=O)(c1cccc(C(F)(F)F)c1)N1CCN(c2ccc(-n3cccn3)nn2)CC1. The van der Waals surface area contributed by atoms with Crippen molar-refractivity contribution in [2.75, 3.05) is 31.1 Å². The molecule has 1 fully saturated rings. The first kappa shape index (κ1) is 20.3. The second kappa shape index (κ2) is 7.69. The molecule has 1 aromatic carbocycles. The Morgan fingerprint density at radius 1 is 0.900 bits per heavy atom. The van der Waals surface area contributed by atoms with Gasteiger partial charge in [-0.2, -0.15) is 22.6 Å². The minimum Gasteiger partial charge on any atom is -0.352 e. The normalized spacial score (nSPS) is 16.0. The number of halogens is 3. The van der Waals surface area contributed by atoms with E-state index in [1.165, 1.54) is 10.4 Å². The van der Waals surface area contributed by atoms with E-state index >= 15 is 0 Å². The van der Waals surface area contributed by atoms with Crippen LogP contribution in [-0.4, -0.2) is 58.9 Å². The van der Waals surface area contributed by atoms with Gasteiger partial charge in [0.1, 0.15) is 0 Å². The molecule has 30 heavy (non-hydrogen) atoms. The first-order chi connectivity index (χ1) is 14.2. The van der Waals surface area contributed by atoms with Gasteiger partial charge in [-0.25, -0.2) is 13.1 Å². The predicted molar refractivity (Wildman–Crippen MR) is 102 cm³/mol. The van der Waals surface area contributed by atoms with E-state index in [4.69, 9.17) is 0 Å². The Hall–Kier alpha value is -2.99. The summed E-state index contributed by atoms with van der Waals surface area (Å²) < 4.78 is 67.1. The van der Waals surface area contributed by atoms with Crippen molar-refractivity contribution in [3.63, 3.8) is 0 Å². The van der Waals surface area contributed by atoms with Gasteiger partial charge in [-0.15, -0.1) is 10.2 Å². The molecule has 0 amide bonds. The standard InChI is InChI=1S/C18H17F3N6O2S/c19-18(20,21)14-3-1-4-15(13-14)30(28,29)26-11-9-25(10-12-26)16-5-6-17(24-23-16)27-8-2-7-22-27/h1-8,13H,9-12H2. The number of anilines is 1. The number of sulfonamides is 1. The maximum atomic E-state index is 12.9. The highest BCUT2D eigenvalue weighted by Crippen LogP contribution is 2.31. The van der Waals surface area contributed by atoms with Crippen LogP contribution in [0.1, 0.15) is 5.56 Å². The lowest BCUT2D eigenvalue weighted by Crippen LogP contribution is -2.49. The Bertz CT molecular complexity index is 1110. The Labute approximate surface area is 170 Å². The largest absolute Gasteiger partial charge is 0.416 e. The summed E-state index contributed by atoms with van der Waals surface area (Å²) in [5.74, 6) is 1.14. The Balaban J connectivity index is 1.45. The average molecular weight is 438 g/mol. The van der Waals surface area contributed by atoms with Crippen LogP contribution in [0, 0.1) is 0 Å². The molecule has 158 valence electrons. The molecule has 1 aliphatic heterocycles. The predicted octanol–water partition coefficient (Wildman–Crippen LogP) is 2.19. The molecule has 1 aliphatic rings. The summed E-state index contributed by atoms with van der Waals surface area (Å²) in [5, 5.41) is 12.4. The minimum atomic E-state index is -4.61. The van der Waals surface area contributed by atoms with Crippen LogP contribution >= 0.6 is 0 Å². The lowest BCUT2D eigenvalue weighted by Gasteiger charge is -2.34. The molecule has 0 N–H and O–H groups in total. The summed E-state index contributed by atoms with van der Waals surface area (Å²) in [5.41, 5.74) is -0.991. The number of hydrogen-bond donors (Lipinski definition) is 0. The van der Waals surface area contributed by atoms with Crippen LogP contribution < -0.4 is 4.90 Å². The molecule has 0 aliphatic carbocycles. The second-order valence-corrected chi connectivity index (χ2v) is 8.56. The zero-order chi connectivity index (χ0) is 21.4. The van der Waals surface area contributed by atoms with Crippen LogP contribution in [0.25, 0.3) is 5.82 Å². The zero-order valence-electron chi connectivity index (χ0n) is 15.6. The van der Waals surface area contributed by atoms with Gasteiger partial charge in [0.15, 0.2) is 11.6 Å². The van der Waals surface area contributed by atoms with Gasteiger partial charge < -0.3 is 4.90 Å². The number of hydrogen-bond acceptors (Lipinski definition) is 6. The van der Waals surface area contributed by atoms with Crippen molar-refractivity contribution >= 4 is 15.8 Å². The summed E-state index contributed by atoms with van der Waals surface area (Å²) >= 11 is 0. The third kappa shape index (κ3) is 4.00. The van der Waals surface area contributed by atoms with Crippen LogP contribution in [0.5, 0.6) is 0 Å². The average Bonchev–Trinajstić information content (AvgIpc) is 3.28. The van der Waals surface area contributed by atoms with E-state index in [1.807, 2.05) is 4.90 Å². The minimum absolute atomic E-state index is 0.126. The van der Waals surface area contributed by atoms with Gasteiger partial charge in [-0.1, -0.05) is 6.07 Å². The van der Waals surface area contributed by atoms with Gasteiger partial charge in [0, 0.05) is 38.6 Å². The zero-order valence-corrected chi connectivity index (χ0v) is 16.4. The van der Waals surface area contributed by atoms with Crippen molar-refractivity contribution in [1.82, 2.24) is 24.3 Å². The molecule has 12 heteroatoms. The molecule has 0 saturated carbocycles. The summed E-state index contributed by atoms with van der Waals surface area (Å²) in [6.45, 7) is 0.935. The Kier molecular flexibility index (Phi) is 5.20. The summed E-state index contributed by atoms with van der Waals surface area (Å²) in [7, 11) is -4.03. The first-order valence-corrected chi connectivity index (χ1v) is 10.5. The van der Waals surface area contributed by atoms with E-state index in [1.54, 1.807) is 35.3 Å². The molecule has 0 atom stereocenters.